The van der Waals surface area contributed by atoms with Crippen LogP contribution in [0.15, 0.2) is 30.3 Å². The molecule has 0 unspecified atom stereocenters. The normalized spacial score (nSPS) is 17.8. The number of nitrogens with zero attached hydrogens (tertiary/aromatic N) is 1. The van der Waals surface area contributed by atoms with Gasteiger partial charge in [0.15, 0.2) is 0 Å². The van der Waals surface area contributed by atoms with Crippen molar-refractivity contribution in [2.24, 2.45) is 0 Å². The Bertz CT molecular complexity index is 358. The van der Waals surface area contributed by atoms with Gasteiger partial charge in [-0.25, -0.2) is 0 Å². The van der Waals surface area contributed by atoms with E-state index in [1.54, 1.807) is 0 Å². The maximum atomic E-state index is 5.32. The van der Waals surface area contributed by atoms with Crippen molar-refractivity contribution < 1.29 is 0 Å². The van der Waals surface area contributed by atoms with Gasteiger partial charge in [0, 0.05) is 25.7 Å². The van der Waals surface area contributed by atoms with Gasteiger partial charge in [-0.05, 0) is 18.4 Å². The second-order valence-electron chi connectivity index (χ2n) is 4.62. The number of hydrogen-bond acceptors (Lipinski definition) is 2. The quantitative estimate of drug-likeness (QED) is 0.792. The van der Waals surface area contributed by atoms with Crippen molar-refractivity contribution in [2.75, 3.05) is 19.6 Å². The monoisotopic (exact) mass is 228 g/mol. The van der Waals surface area contributed by atoms with Crippen molar-refractivity contribution in [3.05, 3.63) is 35.9 Å². The molecule has 0 spiro atoms. The van der Waals surface area contributed by atoms with Crippen molar-refractivity contribution in [2.45, 2.75) is 25.4 Å². The highest BCUT2D eigenvalue weighted by atomic mass is 15.1. The third-order valence-electron chi connectivity index (χ3n) is 3.34. The van der Waals surface area contributed by atoms with Crippen molar-refractivity contribution in [1.29, 1.82) is 0 Å². The Morgan fingerprint density at radius 1 is 1.24 bits per heavy atom. The van der Waals surface area contributed by atoms with Crippen LogP contribution in [0.1, 0.15) is 18.4 Å². The number of likely N-dealkylation sites (tertiary alicyclic amines) is 1. The zero-order valence-electron chi connectivity index (χ0n) is 10.2. The van der Waals surface area contributed by atoms with E-state index in [0.29, 0.717) is 6.04 Å². The average Bonchev–Trinajstić information content (AvgIpc) is 2.40. The summed E-state index contributed by atoms with van der Waals surface area (Å²) in [7, 11) is 0. The predicted molar refractivity (Wildman–Crippen MR) is 71.6 cm³/mol. The van der Waals surface area contributed by atoms with Gasteiger partial charge in [-0.1, -0.05) is 36.3 Å². The molecule has 1 aromatic rings. The van der Waals surface area contributed by atoms with Crippen LogP contribution in [0.5, 0.6) is 0 Å². The van der Waals surface area contributed by atoms with E-state index < -0.39 is 0 Å². The SMILES string of the molecule is C#CCN1CCC(NCc2ccccc2)CC1. The minimum Gasteiger partial charge on any atom is -0.310 e. The highest BCUT2D eigenvalue weighted by molar-refractivity contribution is 5.14. The molecule has 17 heavy (non-hydrogen) atoms. The standard InChI is InChI=1S/C15H20N2/c1-2-10-17-11-8-15(9-12-17)16-13-14-6-4-3-5-7-14/h1,3-7,15-16H,8-13H2. The van der Waals surface area contributed by atoms with Crippen molar-refractivity contribution in [3.8, 4) is 12.3 Å². The van der Waals surface area contributed by atoms with E-state index in [1.807, 2.05) is 0 Å². The molecule has 1 saturated heterocycles. The first kappa shape index (κ1) is 12.2. The molecule has 0 bridgehead atoms. The molecular weight excluding hydrogens is 208 g/mol. The number of terminal acetylenes is 1. The molecule has 1 N–H and O–H groups in total. The van der Waals surface area contributed by atoms with E-state index in [0.717, 1.165) is 26.2 Å². The van der Waals surface area contributed by atoms with Crippen LogP contribution in [0.3, 0.4) is 0 Å². The van der Waals surface area contributed by atoms with Gasteiger partial charge in [0.25, 0.3) is 0 Å². The van der Waals surface area contributed by atoms with Crippen LogP contribution < -0.4 is 5.32 Å². The zero-order chi connectivity index (χ0) is 11.9. The average molecular weight is 228 g/mol. The number of nitrogens with one attached hydrogen (secondary N) is 1. The molecule has 0 radical (unpaired) electrons. The molecule has 1 heterocycles. The van der Waals surface area contributed by atoms with Crippen molar-refractivity contribution in [3.63, 3.8) is 0 Å². The summed E-state index contributed by atoms with van der Waals surface area (Å²) >= 11 is 0. The fourth-order valence-electron chi connectivity index (χ4n) is 2.28. The van der Waals surface area contributed by atoms with Gasteiger partial charge in [0.05, 0.1) is 6.54 Å². The maximum Gasteiger partial charge on any atom is 0.0598 e. The molecule has 1 aliphatic heterocycles. The third kappa shape index (κ3) is 3.89. The largest absolute Gasteiger partial charge is 0.310 e. The van der Waals surface area contributed by atoms with Gasteiger partial charge in [-0.3, -0.25) is 4.90 Å². The second kappa shape index (κ2) is 6.44. The Kier molecular flexibility index (Phi) is 4.61. The number of piperidine rings is 1. The van der Waals surface area contributed by atoms with E-state index in [2.05, 4.69) is 46.5 Å². The van der Waals surface area contributed by atoms with Crippen molar-refractivity contribution in [1.82, 2.24) is 10.2 Å². The molecule has 2 heteroatoms. The fraction of sp³-hybridized carbons (Fsp3) is 0.467. The summed E-state index contributed by atoms with van der Waals surface area (Å²) in [5, 5.41) is 3.62. The Balaban J connectivity index is 1.70. The molecule has 0 saturated carbocycles. The summed E-state index contributed by atoms with van der Waals surface area (Å²) in [6.45, 7) is 4.01. The van der Waals surface area contributed by atoms with Gasteiger partial charge >= 0.3 is 0 Å². The van der Waals surface area contributed by atoms with Crippen molar-refractivity contribution >= 4 is 0 Å². The first-order valence-corrected chi connectivity index (χ1v) is 6.31. The molecular formula is C15H20N2. The van der Waals surface area contributed by atoms with Crippen LogP contribution in [-0.4, -0.2) is 30.6 Å². The number of rotatable bonds is 4. The minimum atomic E-state index is 0.643. The Labute approximate surface area is 104 Å². The van der Waals surface area contributed by atoms with Crippen LogP contribution in [0.2, 0.25) is 0 Å². The van der Waals surface area contributed by atoms with E-state index in [4.69, 9.17) is 6.42 Å². The van der Waals surface area contributed by atoms with Crippen LogP contribution in [0, 0.1) is 12.3 Å². The summed E-state index contributed by atoms with van der Waals surface area (Å²) < 4.78 is 0. The molecule has 2 rings (SSSR count). The topological polar surface area (TPSA) is 15.3 Å². The molecule has 0 aromatic heterocycles. The first-order valence-electron chi connectivity index (χ1n) is 6.31. The van der Waals surface area contributed by atoms with E-state index >= 15 is 0 Å². The molecule has 1 aromatic carbocycles. The molecule has 0 atom stereocenters. The third-order valence-corrected chi connectivity index (χ3v) is 3.34. The lowest BCUT2D eigenvalue weighted by Crippen LogP contribution is -2.42. The first-order chi connectivity index (χ1) is 8.38. The lowest BCUT2D eigenvalue weighted by Gasteiger charge is -2.31. The molecule has 0 amide bonds. The van der Waals surface area contributed by atoms with E-state index in [1.165, 1.54) is 18.4 Å². The molecule has 2 nitrogen and oxygen atoms in total. The van der Waals surface area contributed by atoms with Gasteiger partial charge in [0.2, 0.25) is 0 Å². The Hall–Kier alpha value is -1.30. The summed E-state index contributed by atoms with van der Waals surface area (Å²) in [6.07, 6.45) is 7.73. The van der Waals surface area contributed by atoms with Gasteiger partial charge in [-0.15, -0.1) is 6.42 Å². The molecule has 1 aliphatic rings. The van der Waals surface area contributed by atoms with Gasteiger partial charge in [0.1, 0.15) is 0 Å². The second-order valence-corrected chi connectivity index (χ2v) is 4.62. The molecule has 0 aliphatic carbocycles. The van der Waals surface area contributed by atoms with Crippen LogP contribution in [-0.2, 0) is 6.54 Å². The fourth-order valence-corrected chi connectivity index (χ4v) is 2.28. The Morgan fingerprint density at radius 2 is 1.94 bits per heavy atom. The van der Waals surface area contributed by atoms with Gasteiger partial charge < -0.3 is 5.32 Å². The van der Waals surface area contributed by atoms with E-state index in [9.17, 15) is 0 Å². The summed E-state index contributed by atoms with van der Waals surface area (Å²) in [5.74, 6) is 2.72. The highest BCUT2D eigenvalue weighted by Crippen LogP contribution is 2.10. The number of hydrogen-bond donors (Lipinski definition) is 1. The summed E-state index contributed by atoms with van der Waals surface area (Å²) in [4.78, 5) is 2.35. The Morgan fingerprint density at radius 3 is 2.59 bits per heavy atom. The summed E-state index contributed by atoms with van der Waals surface area (Å²) in [5.41, 5.74) is 1.36. The lowest BCUT2D eigenvalue weighted by atomic mass is 10.0. The van der Waals surface area contributed by atoms with Crippen LogP contribution >= 0.6 is 0 Å². The highest BCUT2D eigenvalue weighted by Gasteiger charge is 2.17. The molecule has 1 fully saturated rings. The zero-order valence-corrected chi connectivity index (χ0v) is 10.2. The van der Waals surface area contributed by atoms with Crippen LogP contribution in [0.25, 0.3) is 0 Å². The van der Waals surface area contributed by atoms with Crippen LogP contribution in [0.4, 0.5) is 0 Å². The minimum absolute atomic E-state index is 0.643. The van der Waals surface area contributed by atoms with E-state index in [-0.39, 0.29) is 0 Å². The molecule has 90 valence electrons. The number of benzene rings is 1. The maximum absolute atomic E-state index is 5.32. The smallest absolute Gasteiger partial charge is 0.0598 e. The van der Waals surface area contributed by atoms with Gasteiger partial charge in [-0.2, -0.15) is 0 Å². The predicted octanol–water partition coefficient (Wildman–Crippen LogP) is 1.87. The lowest BCUT2D eigenvalue weighted by molar-refractivity contribution is 0.217. The summed E-state index contributed by atoms with van der Waals surface area (Å²) in [6, 6.07) is 11.2.